The van der Waals surface area contributed by atoms with Gasteiger partial charge in [-0.1, -0.05) is 41.1 Å². The molecule has 0 radical (unpaired) electrons. The molecule has 2 aliphatic heterocycles. The molecule has 4 atom stereocenters. The number of nitrogens with two attached hydrogens (primary N) is 1. The van der Waals surface area contributed by atoms with Gasteiger partial charge < -0.3 is 15.2 Å². The zero-order valence-corrected chi connectivity index (χ0v) is 21.7. The van der Waals surface area contributed by atoms with E-state index in [2.05, 4.69) is 22.9 Å². The molecule has 2 N–H and O–H groups in total. The molecule has 10 heteroatoms. The van der Waals surface area contributed by atoms with Gasteiger partial charge in [-0.05, 0) is 48.7 Å². The second-order valence-electron chi connectivity index (χ2n) is 9.10. The Morgan fingerprint density at radius 3 is 2.63 bits per heavy atom. The van der Waals surface area contributed by atoms with E-state index in [1.165, 1.54) is 12.1 Å². The number of likely N-dealkylation sites (tertiary alicyclic amines) is 1. The molecule has 2 fully saturated rings. The van der Waals surface area contributed by atoms with Crippen molar-refractivity contribution in [1.82, 2.24) is 4.90 Å². The van der Waals surface area contributed by atoms with E-state index >= 15 is 0 Å². The summed E-state index contributed by atoms with van der Waals surface area (Å²) in [5.41, 5.74) is 5.45. The number of primary amides is 1. The molecule has 0 bridgehead atoms. The van der Waals surface area contributed by atoms with Crippen molar-refractivity contribution in [2.45, 2.75) is 56.0 Å². The number of nitrogens with zero attached hydrogens (tertiary/aromatic N) is 1. The Hall–Kier alpha value is -1.81. The molecule has 192 valence electrons. The number of benzene rings is 2. The zero-order valence-electron chi connectivity index (χ0n) is 19.3. The molecule has 0 aromatic heterocycles. The summed E-state index contributed by atoms with van der Waals surface area (Å²) in [6.07, 6.45) is -3.42. The van der Waals surface area contributed by atoms with E-state index in [9.17, 15) is 18.0 Å². The highest BCUT2D eigenvalue weighted by molar-refractivity contribution is 9.10. The van der Waals surface area contributed by atoms with E-state index in [0.29, 0.717) is 39.0 Å². The van der Waals surface area contributed by atoms with Crippen LogP contribution >= 0.6 is 28.3 Å². The number of hydrogen-bond acceptors (Lipinski definition) is 4. The lowest BCUT2D eigenvalue weighted by Crippen LogP contribution is -2.61. The van der Waals surface area contributed by atoms with Gasteiger partial charge in [-0.25, -0.2) is 0 Å². The third-order valence-corrected chi connectivity index (χ3v) is 7.54. The van der Waals surface area contributed by atoms with E-state index in [-0.39, 0.29) is 36.3 Å². The van der Waals surface area contributed by atoms with Gasteiger partial charge in [-0.15, -0.1) is 12.4 Å². The third-order valence-electron chi connectivity index (χ3n) is 7.01. The number of ether oxygens (including phenoxy) is 2. The number of rotatable bonds is 6. The highest BCUT2D eigenvalue weighted by atomic mass is 79.9. The van der Waals surface area contributed by atoms with Crippen LogP contribution in [0.15, 0.2) is 53.0 Å². The van der Waals surface area contributed by atoms with E-state index in [1.807, 2.05) is 29.2 Å². The molecule has 2 aliphatic rings. The van der Waals surface area contributed by atoms with Gasteiger partial charge in [0.2, 0.25) is 5.91 Å². The summed E-state index contributed by atoms with van der Waals surface area (Å²) < 4.78 is 52.1. The summed E-state index contributed by atoms with van der Waals surface area (Å²) in [6.45, 7) is 3.48. The number of alkyl halides is 3. The standard InChI is InChI=1S/C25H28BrF3N2O3.ClH/c1-16(17-5-7-19(26)8-6-17)22-14-24(23(30)32,10-12-33-22)31-11-9-21(15-31)34-20-4-2-3-18(13-20)25(27,28)29;/h2-8,13,16,21-22H,9-12,14-15H2,1H3,(H2,30,32);1H/t16-,21+,22?,24?;/m0./s1. The SMILES string of the molecule is C[C@@H](c1ccc(Br)cc1)C1CC(C(N)=O)(N2CC[C@@H](Oc3cccc(C(F)(F)F)c3)C2)CCO1.Cl. The molecule has 2 aromatic carbocycles. The van der Waals surface area contributed by atoms with Crippen LogP contribution in [0.1, 0.15) is 43.2 Å². The number of carbonyl (C=O) groups excluding carboxylic acids is 1. The van der Waals surface area contributed by atoms with Crippen LogP contribution in [0.2, 0.25) is 0 Å². The second kappa shape index (κ2) is 11.1. The molecule has 2 heterocycles. The van der Waals surface area contributed by atoms with Crippen molar-refractivity contribution in [2.75, 3.05) is 19.7 Å². The average molecular weight is 578 g/mol. The van der Waals surface area contributed by atoms with Crippen LogP contribution in [-0.2, 0) is 15.7 Å². The highest BCUT2D eigenvalue weighted by Crippen LogP contribution is 2.39. The fourth-order valence-electron chi connectivity index (χ4n) is 4.99. The van der Waals surface area contributed by atoms with Gasteiger partial charge in [-0.2, -0.15) is 13.2 Å². The Morgan fingerprint density at radius 2 is 1.97 bits per heavy atom. The van der Waals surface area contributed by atoms with Crippen LogP contribution in [-0.4, -0.2) is 48.3 Å². The maximum Gasteiger partial charge on any atom is 0.416 e. The van der Waals surface area contributed by atoms with Crippen LogP contribution in [0, 0.1) is 0 Å². The molecular formula is C25H29BrClF3N2O3. The Kier molecular flexibility index (Phi) is 8.78. The Balaban J connectivity index is 0.00000342. The summed E-state index contributed by atoms with van der Waals surface area (Å²) in [5.74, 6) is -0.168. The minimum atomic E-state index is -4.43. The number of amides is 1. The normalized spacial score (nSPS) is 26.1. The molecule has 0 spiro atoms. The molecule has 35 heavy (non-hydrogen) atoms. The fourth-order valence-corrected chi connectivity index (χ4v) is 5.26. The third kappa shape index (κ3) is 6.13. The molecule has 2 aromatic rings. The van der Waals surface area contributed by atoms with E-state index in [0.717, 1.165) is 22.2 Å². The Bertz CT molecular complexity index is 1020. The van der Waals surface area contributed by atoms with Crippen molar-refractivity contribution in [3.63, 3.8) is 0 Å². The topological polar surface area (TPSA) is 64.8 Å². The van der Waals surface area contributed by atoms with E-state index in [4.69, 9.17) is 15.2 Å². The Morgan fingerprint density at radius 1 is 1.26 bits per heavy atom. The minimum Gasteiger partial charge on any atom is -0.489 e. The Labute approximate surface area is 217 Å². The summed E-state index contributed by atoms with van der Waals surface area (Å²) >= 11 is 3.45. The quantitative estimate of drug-likeness (QED) is 0.489. The van der Waals surface area contributed by atoms with Gasteiger partial charge in [0, 0.05) is 36.5 Å². The molecule has 2 saturated heterocycles. The maximum absolute atomic E-state index is 13.0. The summed E-state index contributed by atoms with van der Waals surface area (Å²) in [5, 5.41) is 0. The lowest BCUT2D eigenvalue weighted by atomic mass is 9.79. The summed E-state index contributed by atoms with van der Waals surface area (Å²) in [4.78, 5) is 14.8. The van der Waals surface area contributed by atoms with Crippen molar-refractivity contribution in [3.8, 4) is 5.75 Å². The monoisotopic (exact) mass is 576 g/mol. The van der Waals surface area contributed by atoms with Crippen LogP contribution in [0.4, 0.5) is 13.2 Å². The van der Waals surface area contributed by atoms with Gasteiger partial charge in [0.15, 0.2) is 0 Å². The first-order valence-corrected chi connectivity index (χ1v) is 12.1. The number of carbonyl (C=O) groups is 1. The smallest absolute Gasteiger partial charge is 0.416 e. The van der Waals surface area contributed by atoms with Gasteiger partial charge in [-0.3, -0.25) is 9.69 Å². The molecule has 0 aliphatic carbocycles. The number of hydrogen-bond donors (Lipinski definition) is 1. The van der Waals surface area contributed by atoms with Crippen LogP contribution in [0.25, 0.3) is 0 Å². The minimum absolute atomic E-state index is 0. The van der Waals surface area contributed by atoms with Gasteiger partial charge in [0.25, 0.3) is 0 Å². The van der Waals surface area contributed by atoms with Crippen molar-refractivity contribution in [1.29, 1.82) is 0 Å². The largest absolute Gasteiger partial charge is 0.489 e. The first kappa shape index (κ1) is 27.8. The van der Waals surface area contributed by atoms with Gasteiger partial charge >= 0.3 is 6.18 Å². The molecule has 2 unspecified atom stereocenters. The van der Waals surface area contributed by atoms with E-state index in [1.54, 1.807) is 0 Å². The molecular weight excluding hydrogens is 549 g/mol. The second-order valence-corrected chi connectivity index (χ2v) is 10.0. The fraction of sp³-hybridized carbons (Fsp3) is 0.480. The first-order valence-electron chi connectivity index (χ1n) is 11.3. The zero-order chi connectivity index (χ0) is 24.5. The predicted molar refractivity (Wildman–Crippen MR) is 133 cm³/mol. The van der Waals surface area contributed by atoms with Crippen molar-refractivity contribution in [2.24, 2.45) is 5.73 Å². The van der Waals surface area contributed by atoms with Crippen LogP contribution in [0.3, 0.4) is 0 Å². The van der Waals surface area contributed by atoms with Crippen LogP contribution < -0.4 is 10.5 Å². The molecule has 4 rings (SSSR count). The van der Waals surface area contributed by atoms with Crippen molar-refractivity contribution in [3.05, 3.63) is 64.1 Å². The number of halogens is 5. The van der Waals surface area contributed by atoms with E-state index < -0.39 is 23.2 Å². The predicted octanol–water partition coefficient (Wildman–Crippen LogP) is 5.55. The maximum atomic E-state index is 13.0. The van der Waals surface area contributed by atoms with Crippen molar-refractivity contribution >= 4 is 34.2 Å². The lowest BCUT2D eigenvalue weighted by molar-refractivity contribution is -0.142. The molecule has 0 saturated carbocycles. The summed E-state index contributed by atoms with van der Waals surface area (Å²) in [7, 11) is 0. The highest BCUT2D eigenvalue weighted by Gasteiger charge is 2.50. The molecule has 5 nitrogen and oxygen atoms in total. The summed E-state index contributed by atoms with van der Waals surface area (Å²) in [6, 6.07) is 12.9. The van der Waals surface area contributed by atoms with Gasteiger partial charge in [0.1, 0.15) is 17.4 Å². The first-order chi connectivity index (χ1) is 16.1. The molecule has 1 amide bonds. The van der Waals surface area contributed by atoms with Crippen LogP contribution in [0.5, 0.6) is 5.75 Å². The lowest BCUT2D eigenvalue weighted by Gasteiger charge is -2.46. The average Bonchev–Trinajstić information content (AvgIpc) is 3.27. The van der Waals surface area contributed by atoms with Crippen molar-refractivity contribution < 1.29 is 27.4 Å². The van der Waals surface area contributed by atoms with Gasteiger partial charge in [0.05, 0.1) is 11.7 Å².